The molecule has 10 heteroatoms. The summed E-state index contributed by atoms with van der Waals surface area (Å²) in [5, 5.41) is 8.87. The third-order valence-corrected chi connectivity index (χ3v) is 5.04. The van der Waals surface area contributed by atoms with E-state index in [4.69, 9.17) is 9.47 Å². The summed E-state index contributed by atoms with van der Waals surface area (Å²) in [4.78, 5) is 29.1. The monoisotopic (exact) mass is 545 g/mol. The standard InChI is InChI=1S/C21H31N5O4.HI/c1-3-22-20(23-7-8-26-19(27)12-25-21(26)28)24-11-17-5-4-15(2)10-18(17)30-14-16-6-9-29-13-16;/h4-5,10,16H,3,6-9,11-14H2,1-2H3,(H,25,28)(H2,22,23,24);1H. The maximum absolute atomic E-state index is 11.7. The summed E-state index contributed by atoms with van der Waals surface area (Å²) in [5.41, 5.74) is 2.14. The third-order valence-electron chi connectivity index (χ3n) is 5.04. The second-order valence-corrected chi connectivity index (χ2v) is 7.48. The molecule has 2 aliphatic rings. The van der Waals surface area contributed by atoms with Crippen LogP contribution in [0.25, 0.3) is 0 Å². The summed E-state index contributed by atoms with van der Waals surface area (Å²) in [7, 11) is 0. The Hall–Kier alpha value is -2.08. The highest BCUT2D eigenvalue weighted by Crippen LogP contribution is 2.23. The molecule has 0 spiro atoms. The summed E-state index contributed by atoms with van der Waals surface area (Å²) < 4.78 is 11.5. The van der Waals surface area contributed by atoms with Crippen LogP contribution in [0.5, 0.6) is 5.75 Å². The van der Waals surface area contributed by atoms with Gasteiger partial charge in [0.15, 0.2) is 5.96 Å². The van der Waals surface area contributed by atoms with Crippen LogP contribution in [0.15, 0.2) is 23.2 Å². The molecule has 9 nitrogen and oxygen atoms in total. The minimum atomic E-state index is -0.349. The van der Waals surface area contributed by atoms with E-state index >= 15 is 0 Å². The lowest BCUT2D eigenvalue weighted by atomic mass is 10.1. The van der Waals surface area contributed by atoms with Crippen molar-refractivity contribution in [2.75, 3.05) is 46.0 Å². The first-order valence-corrected chi connectivity index (χ1v) is 10.5. The summed E-state index contributed by atoms with van der Waals surface area (Å²) in [6.45, 7) is 8.16. The number of benzene rings is 1. The van der Waals surface area contributed by atoms with Gasteiger partial charge in [-0.2, -0.15) is 0 Å². The van der Waals surface area contributed by atoms with Crippen LogP contribution in [0.3, 0.4) is 0 Å². The van der Waals surface area contributed by atoms with Crippen LogP contribution in [-0.4, -0.2) is 68.8 Å². The van der Waals surface area contributed by atoms with Gasteiger partial charge in [-0.1, -0.05) is 12.1 Å². The third kappa shape index (κ3) is 7.53. The molecule has 2 heterocycles. The molecular formula is C21H32IN5O4. The molecule has 0 radical (unpaired) electrons. The predicted molar refractivity (Wildman–Crippen MR) is 129 cm³/mol. The molecule has 1 aromatic rings. The average Bonchev–Trinajstić information content (AvgIpc) is 3.36. The van der Waals surface area contributed by atoms with Crippen molar-refractivity contribution >= 4 is 41.9 Å². The highest BCUT2D eigenvalue weighted by Gasteiger charge is 2.27. The smallest absolute Gasteiger partial charge is 0.324 e. The van der Waals surface area contributed by atoms with Crippen LogP contribution in [-0.2, 0) is 16.1 Å². The van der Waals surface area contributed by atoms with Crippen LogP contribution in [0.1, 0.15) is 24.5 Å². The van der Waals surface area contributed by atoms with Crippen molar-refractivity contribution in [2.45, 2.75) is 26.8 Å². The van der Waals surface area contributed by atoms with Gasteiger partial charge in [0.25, 0.3) is 0 Å². The molecule has 172 valence electrons. The van der Waals surface area contributed by atoms with Crippen LogP contribution in [0.2, 0.25) is 0 Å². The Bertz CT molecular complexity index is 767. The fourth-order valence-corrected chi connectivity index (χ4v) is 3.32. The Morgan fingerprint density at radius 3 is 2.87 bits per heavy atom. The Labute approximate surface area is 200 Å². The fraction of sp³-hybridized carbons (Fsp3) is 0.571. The number of nitrogens with zero attached hydrogens (tertiary/aromatic N) is 2. The van der Waals surface area contributed by atoms with E-state index in [-0.39, 0.29) is 49.0 Å². The summed E-state index contributed by atoms with van der Waals surface area (Å²) in [6, 6.07) is 5.78. The maximum atomic E-state index is 11.7. The number of amides is 3. The molecule has 3 amide bonds. The summed E-state index contributed by atoms with van der Waals surface area (Å²) in [5.74, 6) is 1.70. The van der Waals surface area contributed by atoms with Crippen LogP contribution in [0.4, 0.5) is 4.79 Å². The number of hydrogen-bond donors (Lipinski definition) is 3. The molecule has 0 aliphatic carbocycles. The van der Waals surface area contributed by atoms with Gasteiger partial charge in [-0.15, -0.1) is 24.0 Å². The number of rotatable bonds is 9. The Morgan fingerprint density at radius 1 is 1.35 bits per heavy atom. The zero-order valence-corrected chi connectivity index (χ0v) is 20.4. The predicted octanol–water partition coefficient (Wildman–Crippen LogP) is 1.64. The van der Waals surface area contributed by atoms with Gasteiger partial charge < -0.3 is 25.4 Å². The quantitative estimate of drug-likeness (QED) is 0.189. The van der Waals surface area contributed by atoms with E-state index in [1.165, 1.54) is 4.90 Å². The summed E-state index contributed by atoms with van der Waals surface area (Å²) >= 11 is 0. The number of imide groups is 1. The van der Waals surface area contributed by atoms with E-state index in [1.54, 1.807) is 0 Å². The zero-order valence-electron chi connectivity index (χ0n) is 18.1. The Morgan fingerprint density at radius 2 is 2.19 bits per heavy atom. The van der Waals surface area contributed by atoms with Crippen molar-refractivity contribution in [3.8, 4) is 5.75 Å². The molecule has 2 fully saturated rings. The van der Waals surface area contributed by atoms with Crippen molar-refractivity contribution in [3.05, 3.63) is 29.3 Å². The van der Waals surface area contributed by atoms with Crippen LogP contribution in [0, 0.1) is 12.8 Å². The van der Waals surface area contributed by atoms with Gasteiger partial charge in [0, 0.05) is 37.7 Å². The molecule has 3 N–H and O–H groups in total. The van der Waals surface area contributed by atoms with Crippen LogP contribution < -0.4 is 20.7 Å². The molecular weight excluding hydrogens is 513 g/mol. The van der Waals surface area contributed by atoms with Crippen molar-refractivity contribution in [1.29, 1.82) is 0 Å². The minimum absolute atomic E-state index is 0. The zero-order chi connectivity index (χ0) is 21.3. The highest BCUT2D eigenvalue weighted by molar-refractivity contribution is 14.0. The van der Waals surface area contributed by atoms with Crippen molar-refractivity contribution in [3.63, 3.8) is 0 Å². The highest BCUT2D eigenvalue weighted by atomic mass is 127. The second kappa shape index (κ2) is 12.7. The molecule has 1 aromatic carbocycles. The number of urea groups is 1. The first kappa shape index (κ1) is 25.2. The molecule has 1 atom stereocenters. The largest absolute Gasteiger partial charge is 0.493 e. The molecule has 3 rings (SSSR count). The van der Waals surface area contributed by atoms with E-state index < -0.39 is 0 Å². The van der Waals surface area contributed by atoms with Crippen LogP contribution >= 0.6 is 24.0 Å². The molecule has 2 saturated heterocycles. The molecule has 0 aromatic heterocycles. The maximum Gasteiger partial charge on any atom is 0.324 e. The number of aliphatic imine (C=N–C) groups is 1. The minimum Gasteiger partial charge on any atom is -0.493 e. The molecule has 0 bridgehead atoms. The number of halogens is 1. The SMILES string of the molecule is CCNC(=NCc1ccc(C)cc1OCC1CCOC1)NCCN1C(=O)CNC1=O.I. The lowest BCUT2D eigenvalue weighted by Gasteiger charge is -2.16. The number of guanidine groups is 1. The first-order valence-electron chi connectivity index (χ1n) is 10.5. The molecule has 2 aliphatic heterocycles. The second-order valence-electron chi connectivity index (χ2n) is 7.48. The van der Waals surface area contributed by atoms with E-state index in [2.05, 4.69) is 20.9 Å². The lowest BCUT2D eigenvalue weighted by molar-refractivity contribution is -0.124. The van der Waals surface area contributed by atoms with Crippen molar-refractivity contribution in [2.24, 2.45) is 10.9 Å². The molecule has 1 unspecified atom stereocenters. The number of hydrogen-bond acceptors (Lipinski definition) is 5. The number of carbonyl (C=O) groups excluding carboxylic acids is 2. The number of carbonyl (C=O) groups is 2. The van der Waals surface area contributed by atoms with Gasteiger partial charge in [-0.25, -0.2) is 9.79 Å². The summed E-state index contributed by atoms with van der Waals surface area (Å²) in [6.07, 6.45) is 1.03. The Kier molecular flexibility index (Phi) is 10.3. The normalized spacial score (nSPS) is 18.6. The molecule has 31 heavy (non-hydrogen) atoms. The number of ether oxygens (including phenoxy) is 2. The van der Waals surface area contributed by atoms with E-state index in [0.717, 1.165) is 36.5 Å². The van der Waals surface area contributed by atoms with Gasteiger partial charge in [0.1, 0.15) is 5.75 Å². The van der Waals surface area contributed by atoms with Gasteiger partial charge in [0.2, 0.25) is 5.91 Å². The van der Waals surface area contributed by atoms with Gasteiger partial charge in [-0.3, -0.25) is 9.69 Å². The van der Waals surface area contributed by atoms with Gasteiger partial charge in [0.05, 0.1) is 26.3 Å². The van der Waals surface area contributed by atoms with Gasteiger partial charge in [-0.05, 0) is 31.9 Å². The lowest BCUT2D eigenvalue weighted by Crippen LogP contribution is -2.43. The van der Waals surface area contributed by atoms with Gasteiger partial charge >= 0.3 is 6.03 Å². The fourth-order valence-electron chi connectivity index (χ4n) is 3.32. The van der Waals surface area contributed by atoms with E-state index in [9.17, 15) is 9.59 Å². The topological polar surface area (TPSA) is 104 Å². The first-order chi connectivity index (χ1) is 14.6. The van der Waals surface area contributed by atoms with Crippen molar-refractivity contribution < 1.29 is 19.1 Å². The Balaban J connectivity index is 0.00000341. The van der Waals surface area contributed by atoms with Crippen molar-refractivity contribution in [1.82, 2.24) is 20.9 Å². The average molecular weight is 545 g/mol. The molecule has 0 saturated carbocycles. The number of aryl methyl sites for hydroxylation is 1. The van der Waals surface area contributed by atoms with E-state index in [1.807, 2.05) is 32.0 Å². The van der Waals surface area contributed by atoms with E-state index in [0.29, 0.717) is 38.1 Å². The number of nitrogens with one attached hydrogen (secondary N) is 3.